The zero-order valence-electron chi connectivity index (χ0n) is 10.5. The van der Waals surface area contributed by atoms with Crippen LogP contribution in [0.15, 0.2) is 37.8 Å². The van der Waals surface area contributed by atoms with Gasteiger partial charge in [0.2, 0.25) is 0 Å². The molecule has 106 valence electrons. The van der Waals surface area contributed by atoms with Crippen LogP contribution >= 0.6 is 31.9 Å². The van der Waals surface area contributed by atoms with Crippen LogP contribution in [0.25, 0.3) is 0 Å². The molecule has 0 atom stereocenters. The van der Waals surface area contributed by atoms with E-state index in [2.05, 4.69) is 31.9 Å². The topological polar surface area (TPSA) is 59.5 Å². The second-order valence-electron chi connectivity index (χ2n) is 4.22. The van der Waals surface area contributed by atoms with E-state index in [0.29, 0.717) is 27.0 Å². The number of nitrogen functional groups attached to an aromatic ring is 1. The van der Waals surface area contributed by atoms with Gasteiger partial charge in [0.15, 0.2) is 4.67 Å². The summed E-state index contributed by atoms with van der Waals surface area (Å²) in [6.07, 6.45) is 0. The molecule has 20 heavy (non-hydrogen) atoms. The summed E-state index contributed by atoms with van der Waals surface area (Å²) in [4.78, 5) is 13.8. The Labute approximate surface area is 132 Å². The highest BCUT2D eigenvalue weighted by molar-refractivity contribution is 9.10. The van der Waals surface area contributed by atoms with Crippen LogP contribution in [0.4, 0.5) is 10.1 Å². The lowest BCUT2D eigenvalue weighted by molar-refractivity contribution is 0.0774. The van der Waals surface area contributed by atoms with Crippen molar-refractivity contribution in [2.45, 2.75) is 6.54 Å². The number of nitrogens with zero attached hydrogens (tertiary/aromatic N) is 1. The molecule has 0 spiro atoms. The minimum Gasteiger partial charge on any atom is -0.452 e. The molecule has 1 aromatic heterocycles. The van der Waals surface area contributed by atoms with Gasteiger partial charge < -0.3 is 15.1 Å². The van der Waals surface area contributed by atoms with Crippen LogP contribution in [0.3, 0.4) is 0 Å². The molecule has 0 saturated carbocycles. The first-order chi connectivity index (χ1) is 9.38. The third kappa shape index (κ3) is 3.21. The van der Waals surface area contributed by atoms with Gasteiger partial charge in [-0.15, -0.1) is 0 Å². The zero-order chi connectivity index (χ0) is 14.9. The second kappa shape index (κ2) is 5.97. The average Bonchev–Trinajstić information content (AvgIpc) is 2.78. The predicted octanol–water partition coefficient (Wildman–Crippen LogP) is 3.80. The Kier molecular flexibility index (Phi) is 4.49. The number of halogens is 3. The van der Waals surface area contributed by atoms with Crippen LogP contribution in [0.1, 0.15) is 16.1 Å². The van der Waals surface area contributed by atoms with E-state index in [9.17, 15) is 9.18 Å². The summed E-state index contributed by atoms with van der Waals surface area (Å²) >= 11 is 6.36. The first-order valence-electron chi connectivity index (χ1n) is 5.62. The predicted molar refractivity (Wildman–Crippen MR) is 80.7 cm³/mol. The van der Waals surface area contributed by atoms with E-state index in [0.717, 1.165) is 0 Å². The second-order valence-corrected chi connectivity index (χ2v) is 5.86. The van der Waals surface area contributed by atoms with Crippen molar-refractivity contribution in [2.24, 2.45) is 0 Å². The number of amides is 1. The quantitative estimate of drug-likeness (QED) is 0.790. The molecule has 0 unspecified atom stereocenters. The van der Waals surface area contributed by atoms with Gasteiger partial charge in [0.1, 0.15) is 11.6 Å². The van der Waals surface area contributed by atoms with E-state index in [1.165, 1.54) is 17.0 Å². The van der Waals surface area contributed by atoms with E-state index in [1.807, 2.05) is 0 Å². The third-order valence-corrected chi connectivity index (χ3v) is 3.77. The molecule has 0 aliphatic rings. The fourth-order valence-electron chi connectivity index (χ4n) is 1.68. The lowest BCUT2D eigenvalue weighted by Gasteiger charge is -2.17. The lowest BCUT2D eigenvalue weighted by Crippen LogP contribution is -2.26. The van der Waals surface area contributed by atoms with Crippen LogP contribution in [0, 0.1) is 5.82 Å². The molecular weight excluding hydrogens is 395 g/mol. The van der Waals surface area contributed by atoms with Gasteiger partial charge in [-0.2, -0.15) is 0 Å². The van der Waals surface area contributed by atoms with Gasteiger partial charge >= 0.3 is 0 Å². The minimum absolute atomic E-state index is 0.0642. The number of furan rings is 1. The summed E-state index contributed by atoms with van der Waals surface area (Å²) in [7, 11) is 1.63. The molecule has 0 bridgehead atoms. The average molecular weight is 406 g/mol. The number of rotatable bonds is 3. The Balaban J connectivity index is 2.20. The van der Waals surface area contributed by atoms with Crippen molar-refractivity contribution < 1.29 is 13.6 Å². The van der Waals surface area contributed by atoms with Crippen LogP contribution < -0.4 is 5.73 Å². The maximum Gasteiger partial charge on any atom is 0.255 e. The SMILES string of the molecule is CN(Cc1ccc(Br)o1)C(=O)c1cc(N)c(F)cc1Br. The Morgan fingerprint density at radius 3 is 2.70 bits per heavy atom. The number of anilines is 1. The first-order valence-corrected chi connectivity index (χ1v) is 7.21. The fraction of sp³-hybridized carbons (Fsp3) is 0.154. The van der Waals surface area contributed by atoms with Crippen molar-refractivity contribution in [1.29, 1.82) is 0 Å². The fourth-order valence-corrected chi connectivity index (χ4v) is 2.50. The first kappa shape index (κ1) is 15.1. The van der Waals surface area contributed by atoms with Crippen LogP contribution in [-0.2, 0) is 6.54 Å². The summed E-state index contributed by atoms with van der Waals surface area (Å²) in [5.74, 6) is -0.207. The normalized spacial score (nSPS) is 10.6. The maximum absolute atomic E-state index is 13.3. The summed E-state index contributed by atoms with van der Waals surface area (Å²) < 4.78 is 19.6. The standard InChI is InChI=1S/C13H11Br2FN2O2/c1-18(6-7-2-3-12(15)20-7)13(19)8-4-11(17)10(16)5-9(8)14/h2-5H,6,17H2,1H3. The summed E-state index contributed by atoms with van der Waals surface area (Å²) in [6.45, 7) is 0.300. The summed E-state index contributed by atoms with van der Waals surface area (Å²) in [5, 5.41) is 0. The highest BCUT2D eigenvalue weighted by Gasteiger charge is 2.18. The Morgan fingerprint density at radius 2 is 2.10 bits per heavy atom. The van der Waals surface area contributed by atoms with Crippen molar-refractivity contribution in [1.82, 2.24) is 4.90 Å². The van der Waals surface area contributed by atoms with Crippen LogP contribution in [0.5, 0.6) is 0 Å². The molecule has 2 rings (SSSR count). The van der Waals surface area contributed by atoms with Gasteiger partial charge in [-0.05, 0) is 56.1 Å². The molecule has 7 heteroatoms. The highest BCUT2D eigenvalue weighted by Crippen LogP contribution is 2.24. The molecule has 0 fully saturated rings. The van der Waals surface area contributed by atoms with Gasteiger partial charge in [-0.25, -0.2) is 4.39 Å². The molecule has 1 aromatic carbocycles. The van der Waals surface area contributed by atoms with Gasteiger partial charge in [-0.3, -0.25) is 4.79 Å². The van der Waals surface area contributed by atoms with Gasteiger partial charge in [0.05, 0.1) is 17.8 Å². The molecule has 0 aliphatic heterocycles. The van der Waals surface area contributed by atoms with Crippen molar-refractivity contribution in [3.63, 3.8) is 0 Å². The number of carbonyl (C=O) groups is 1. The summed E-state index contributed by atoms with van der Waals surface area (Å²) in [5.41, 5.74) is 5.73. The van der Waals surface area contributed by atoms with Crippen molar-refractivity contribution >= 4 is 43.5 Å². The van der Waals surface area contributed by atoms with Gasteiger partial charge in [0.25, 0.3) is 5.91 Å². The Hall–Kier alpha value is -1.34. The Morgan fingerprint density at radius 1 is 1.40 bits per heavy atom. The van der Waals surface area contributed by atoms with E-state index in [-0.39, 0.29) is 11.6 Å². The third-order valence-electron chi connectivity index (χ3n) is 2.69. The molecule has 2 aromatic rings. The van der Waals surface area contributed by atoms with E-state index in [4.69, 9.17) is 10.2 Å². The minimum atomic E-state index is -0.564. The van der Waals surface area contributed by atoms with Crippen molar-refractivity contribution in [3.05, 3.63) is 50.5 Å². The number of hydrogen-bond donors (Lipinski definition) is 1. The van der Waals surface area contributed by atoms with Crippen LogP contribution in [0.2, 0.25) is 0 Å². The Bertz CT molecular complexity index is 658. The molecule has 0 saturated heterocycles. The van der Waals surface area contributed by atoms with Gasteiger partial charge in [0, 0.05) is 11.5 Å². The molecular formula is C13H11Br2FN2O2. The maximum atomic E-state index is 13.3. The molecule has 0 aliphatic carbocycles. The monoisotopic (exact) mass is 404 g/mol. The summed E-state index contributed by atoms with van der Waals surface area (Å²) in [6, 6.07) is 6.01. The van der Waals surface area contributed by atoms with E-state index in [1.54, 1.807) is 19.2 Å². The zero-order valence-corrected chi connectivity index (χ0v) is 13.7. The van der Waals surface area contributed by atoms with Crippen LogP contribution in [-0.4, -0.2) is 17.9 Å². The van der Waals surface area contributed by atoms with E-state index >= 15 is 0 Å². The van der Waals surface area contributed by atoms with Gasteiger partial charge in [-0.1, -0.05) is 0 Å². The molecule has 4 nitrogen and oxygen atoms in total. The number of nitrogens with two attached hydrogens (primary N) is 1. The largest absolute Gasteiger partial charge is 0.452 e. The lowest BCUT2D eigenvalue weighted by atomic mass is 10.1. The van der Waals surface area contributed by atoms with Crippen molar-refractivity contribution in [2.75, 3.05) is 12.8 Å². The molecule has 0 radical (unpaired) electrons. The molecule has 1 heterocycles. The number of benzene rings is 1. The number of carbonyl (C=O) groups excluding carboxylic acids is 1. The highest BCUT2D eigenvalue weighted by atomic mass is 79.9. The molecule has 2 N–H and O–H groups in total. The smallest absolute Gasteiger partial charge is 0.255 e. The number of hydrogen-bond acceptors (Lipinski definition) is 3. The van der Waals surface area contributed by atoms with Crippen molar-refractivity contribution in [3.8, 4) is 0 Å². The van der Waals surface area contributed by atoms with E-state index < -0.39 is 5.82 Å². The molecule has 1 amide bonds.